The normalized spacial score (nSPS) is 11.6. The summed E-state index contributed by atoms with van der Waals surface area (Å²) in [6.45, 7) is 3.97. The Morgan fingerprint density at radius 3 is 1.71 bits per heavy atom. The fourth-order valence-electron chi connectivity index (χ4n) is 8.26. The number of fused-ring (bicyclic) bond motifs is 5. The summed E-state index contributed by atoms with van der Waals surface area (Å²) in [4.78, 5) is 2.40. The molecule has 0 bridgehead atoms. The van der Waals surface area contributed by atoms with Crippen LogP contribution >= 0.6 is 0 Å². The number of nitrogens with zero attached hydrogens (tertiary/aromatic N) is 1. The van der Waals surface area contributed by atoms with Gasteiger partial charge < -0.3 is 9.32 Å². The topological polar surface area (TPSA) is 16.4 Å². The first kappa shape index (κ1) is 34.8. The van der Waals surface area contributed by atoms with Crippen LogP contribution in [0.25, 0.3) is 71.7 Å². The second-order valence-corrected chi connectivity index (χ2v) is 14.5. The second kappa shape index (κ2) is 15.1. The molecule has 0 aliphatic rings. The average Bonchev–Trinajstić information content (AvgIpc) is 3.68. The lowest BCUT2D eigenvalue weighted by Gasteiger charge is -2.30. The van der Waals surface area contributed by atoms with E-state index in [1.54, 1.807) is 0 Å². The van der Waals surface area contributed by atoms with Crippen molar-refractivity contribution in [2.75, 3.05) is 4.90 Å². The van der Waals surface area contributed by atoms with Gasteiger partial charge in [-0.1, -0.05) is 189 Å². The molecule has 2 nitrogen and oxygen atoms in total. The number of allylic oxidation sites excluding steroid dienone is 2. The second-order valence-electron chi connectivity index (χ2n) is 14.5. The Morgan fingerprint density at radius 2 is 1.00 bits per heavy atom. The molecular formula is C56H39NO. The molecule has 2 heteroatoms. The van der Waals surface area contributed by atoms with Crippen molar-refractivity contribution in [3.8, 4) is 33.4 Å². The van der Waals surface area contributed by atoms with Crippen molar-refractivity contribution in [1.82, 2.24) is 0 Å². The molecule has 0 aliphatic carbocycles. The van der Waals surface area contributed by atoms with Gasteiger partial charge in [-0.25, -0.2) is 0 Å². The fraction of sp³-hybridized carbons (Fsp3) is 0. The first-order valence-electron chi connectivity index (χ1n) is 19.7. The van der Waals surface area contributed by atoms with Gasteiger partial charge in [0.15, 0.2) is 0 Å². The molecule has 0 N–H and O–H groups in total. The van der Waals surface area contributed by atoms with Crippen LogP contribution in [-0.4, -0.2) is 0 Å². The molecule has 0 saturated carbocycles. The van der Waals surface area contributed by atoms with Crippen molar-refractivity contribution in [3.05, 3.63) is 242 Å². The van der Waals surface area contributed by atoms with E-state index in [9.17, 15) is 0 Å². The Bertz CT molecular complexity index is 3100. The highest BCUT2D eigenvalue weighted by atomic mass is 16.3. The van der Waals surface area contributed by atoms with Crippen LogP contribution in [0.1, 0.15) is 11.1 Å². The fourth-order valence-corrected chi connectivity index (χ4v) is 8.26. The summed E-state index contributed by atoms with van der Waals surface area (Å²) >= 11 is 0. The summed E-state index contributed by atoms with van der Waals surface area (Å²) in [7, 11) is 0. The van der Waals surface area contributed by atoms with Crippen molar-refractivity contribution >= 4 is 55.3 Å². The Morgan fingerprint density at radius 1 is 0.431 bits per heavy atom. The van der Waals surface area contributed by atoms with E-state index in [0.717, 1.165) is 88.9 Å². The van der Waals surface area contributed by atoms with Gasteiger partial charge in [0.1, 0.15) is 11.2 Å². The van der Waals surface area contributed by atoms with Gasteiger partial charge >= 0.3 is 0 Å². The van der Waals surface area contributed by atoms with Gasteiger partial charge in [0.2, 0.25) is 0 Å². The Balaban J connectivity index is 1.09. The van der Waals surface area contributed by atoms with Crippen LogP contribution in [0.3, 0.4) is 0 Å². The number of para-hydroxylation sites is 2. The molecule has 0 spiro atoms. The van der Waals surface area contributed by atoms with Crippen LogP contribution < -0.4 is 4.90 Å². The largest absolute Gasteiger partial charge is 0.455 e. The van der Waals surface area contributed by atoms with E-state index >= 15 is 0 Å². The van der Waals surface area contributed by atoms with Crippen molar-refractivity contribution in [1.29, 1.82) is 0 Å². The SMILES string of the molecule is C=C/C=C(\c1ccccc1)c1ccc(-c2ccc(N(c3ccccc3-c3ccccc3)c3ccccc3-c3ccc4oc5c6ccccc6ccc5c4c3)cc2)cc1. The zero-order valence-corrected chi connectivity index (χ0v) is 31.9. The molecule has 0 saturated heterocycles. The smallest absolute Gasteiger partial charge is 0.143 e. The lowest BCUT2D eigenvalue weighted by molar-refractivity contribution is 0.672. The van der Waals surface area contributed by atoms with Crippen molar-refractivity contribution in [3.63, 3.8) is 0 Å². The number of hydrogen-bond acceptors (Lipinski definition) is 2. The summed E-state index contributed by atoms with van der Waals surface area (Å²) in [5, 5.41) is 4.53. The van der Waals surface area contributed by atoms with Gasteiger partial charge in [0.05, 0.1) is 11.4 Å². The molecule has 1 aromatic heterocycles. The van der Waals surface area contributed by atoms with Gasteiger partial charge in [-0.15, -0.1) is 0 Å². The molecule has 0 amide bonds. The number of furan rings is 1. The van der Waals surface area contributed by atoms with E-state index < -0.39 is 0 Å². The van der Waals surface area contributed by atoms with Gasteiger partial charge in [-0.3, -0.25) is 0 Å². The van der Waals surface area contributed by atoms with Gasteiger partial charge in [0.25, 0.3) is 0 Å². The summed E-state index contributed by atoms with van der Waals surface area (Å²) < 4.78 is 6.52. The van der Waals surface area contributed by atoms with Gasteiger partial charge in [0, 0.05) is 33.0 Å². The molecule has 10 aromatic rings. The summed E-state index contributed by atoms with van der Waals surface area (Å²) in [5.74, 6) is 0. The van der Waals surface area contributed by atoms with E-state index in [1.165, 1.54) is 10.9 Å². The third-order valence-corrected chi connectivity index (χ3v) is 11.1. The van der Waals surface area contributed by atoms with Crippen LogP contribution in [0.4, 0.5) is 17.1 Å². The minimum absolute atomic E-state index is 0.885. The molecule has 0 unspecified atom stereocenters. The number of anilines is 3. The van der Waals surface area contributed by atoms with Crippen molar-refractivity contribution in [2.45, 2.75) is 0 Å². The minimum atomic E-state index is 0.885. The molecule has 0 fully saturated rings. The Hall–Kier alpha value is -7.68. The van der Waals surface area contributed by atoms with Crippen LogP contribution in [0, 0.1) is 0 Å². The van der Waals surface area contributed by atoms with Crippen LogP contribution in [0.5, 0.6) is 0 Å². The lowest BCUT2D eigenvalue weighted by atomic mass is 9.95. The Labute approximate surface area is 338 Å². The zero-order valence-electron chi connectivity index (χ0n) is 31.9. The highest BCUT2D eigenvalue weighted by Gasteiger charge is 2.21. The molecule has 1 heterocycles. The molecule has 274 valence electrons. The monoisotopic (exact) mass is 741 g/mol. The van der Waals surface area contributed by atoms with Crippen LogP contribution in [0.2, 0.25) is 0 Å². The number of rotatable bonds is 9. The Kier molecular flexibility index (Phi) is 9.06. The van der Waals surface area contributed by atoms with E-state index in [-0.39, 0.29) is 0 Å². The van der Waals surface area contributed by atoms with E-state index in [4.69, 9.17) is 4.42 Å². The molecule has 0 aliphatic heterocycles. The maximum Gasteiger partial charge on any atom is 0.143 e. The predicted molar refractivity (Wildman–Crippen MR) is 246 cm³/mol. The standard InChI is InChI=1S/C56H39NO/c1-2-15-47(41-16-5-3-6-17-41)44-28-26-39(27-29-44)40-30-34-46(35-31-40)57(53-24-13-11-21-48(53)42-18-7-4-8-19-42)54-25-14-12-22-49(54)45-33-37-55-52(38-45)51-36-32-43-20-9-10-23-50(43)56(51)58-55/h2-38H,1H2/b47-15+. The molecule has 0 atom stereocenters. The summed E-state index contributed by atoms with van der Waals surface area (Å²) in [5.41, 5.74) is 15.4. The maximum absolute atomic E-state index is 6.52. The molecule has 9 aromatic carbocycles. The summed E-state index contributed by atoms with van der Waals surface area (Å²) in [6.07, 6.45) is 3.93. The average molecular weight is 742 g/mol. The van der Waals surface area contributed by atoms with Crippen molar-refractivity contribution < 1.29 is 4.42 Å². The third kappa shape index (κ3) is 6.37. The highest BCUT2D eigenvalue weighted by Crippen LogP contribution is 2.46. The first-order valence-corrected chi connectivity index (χ1v) is 19.7. The first-order chi connectivity index (χ1) is 28.7. The van der Waals surface area contributed by atoms with Gasteiger partial charge in [-0.05, 0) is 86.8 Å². The van der Waals surface area contributed by atoms with E-state index in [1.807, 2.05) is 12.1 Å². The van der Waals surface area contributed by atoms with E-state index in [0.29, 0.717) is 0 Å². The van der Waals surface area contributed by atoms with Crippen molar-refractivity contribution in [2.24, 2.45) is 0 Å². The molecule has 10 rings (SSSR count). The number of benzene rings is 9. The van der Waals surface area contributed by atoms with Gasteiger partial charge in [-0.2, -0.15) is 0 Å². The lowest BCUT2D eigenvalue weighted by Crippen LogP contribution is -2.12. The third-order valence-electron chi connectivity index (χ3n) is 11.1. The zero-order chi connectivity index (χ0) is 38.8. The molecule has 0 radical (unpaired) electrons. The van der Waals surface area contributed by atoms with Crippen LogP contribution in [0.15, 0.2) is 235 Å². The molecule has 58 heavy (non-hydrogen) atoms. The highest BCUT2D eigenvalue weighted by molar-refractivity contribution is 6.15. The molecular weight excluding hydrogens is 703 g/mol. The predicted octanol–water partition coefficient (Wildman–Crippen LogP) is 15.8. The minimum Gasteiger partial charge on any atom is -0.455 e. The van der Waals surface area contributed by atoms with Crippen LogP contribution in [-0.2, 0) is 0 Å². The number of hydrogen-bond donors (Lipinski definition) is 0. The summed E-state index contributed by atoms with van der Waals surface area (Å²) in [6, 6.07) is 75.7. The maximum atomic E-state index is 6.52. The quantitative estimate of drug-likeness (QED) is 0.137. The van der Waals surface area contributed by atoms with E-state index in [2.05, 4.69) is 224 Å².